The Morgan fingerprint density at radius 2 is 2.09 bits per heavy atom. The maximum atomic E-state index is 12.6. The van der Waals surface area contributed by atoms with Crippen LogP contribution in [0.4, 0.5) is 5.69 Å². The van der Waals surface area contributed by atoms with E-state index in [1.54, 1.807) is 6.92 Å². The Morgan fingerprint density at radius 3 is 2.74 bits per heavy atom. The average Bonchev–Trinajstić information content (AvgIpc) is 3.02. The third kappa shape index (κ3) is 2.46. The fourth-order valence-electron chi connectivity index (χ4n) is 2.56. The first-order valence-electron chi connectivity index (χ1n) is 6.78. The summed E-state index contributed by atoms with van der Waals surface area (Å²) in [4.78, 5) is 37.9. The van der Waals surface area contributed by atoms with Gasteiger partial charge in [0, 0.05) is 5.02 Å². The van der Waals surface area contributed by atoms with Crippen LogP contribution in [-0.2, 0) is 19.1 Å². The Morgan fingerprint density at radius 1 is 1.35 bits per heavy atom. The van der Waals surface area contributed by atoms with Crippen LogP contribution in [0.25, 0.3) is 0 Å². The van der Waals surface area contributed by atoms with E-state index in [0.717, 1.165) is 4.90 Å². The van der Waals surface area contributed by atoms with Crippen LogP contribution in [0.5, 0.6) is 0 Å². The molecule has 0 radical (unpaired) electrons. The highest BCUT2D eigenvalue weighted by Gasteiger charge is 2.56. The number of imide groups is 1. The van der Waals surface area contributed by atoms with Crippen LogP contribution in [-0.4, -0.2) is 36.1 Å². The van der Waals surface area contributed by atoms with Gasteiger partial charge in [0.05, 0.1) is 17.3 Å². The average molecular weight is 356 g/mol. The molecule has 0 bridgehead atoms. The lowest BCUT2D eigenvalue weighted by atomic mass is 9.99. The van der Waals surface area contributed by atoms with E-state index in [1.165, 1.54) is 18.2 Å². The van der Waals surface area contributed by atoms with Gasteiger partial charge in [0.1, 0.15) is 12.0 Å². The van der Waals surface area contributed by atoms with Gasteiger partial charge in [0.2, 0.25) is 5.91 Å². The number of carbonyl (C=O) groups is 3. The number of halogens is 2. The molecule has 120 valence electrons. The molecule has 2 atom stereocenters. The summed E-state index contributed by atoms with van der Waals surface area (Å²) in [6, 6.07) is 3.49. The highest BCUT2D eigenvalue weighted by molar-refractivity contribution is 6.47. The molecule has 2 heterocycles. The second kappa shape index (κ2) is 5.82. The first-order valence-corrected chi connectivity index (χ1v) is 7.54. The van der Waals surface area contributed by atoms with Crippen molar-refractivity contribution in [2.24, 2.45) is 11.0 Å². The van der Waals surface area contributed by atoms with E-state index in [9.17, 15) is 14.4 Å². The van der Waals surface area contributed by atoms with Crippen LogP contribution in [0.15, 0.2) is 23.3 Å². The molecule has 2 aliphatic heterocycles. The molecule has 1 aromatic carbocycles. The number of hydrogen-bond donors (Lipinski definition) is 1. The van der Waals surface area contributed by atoms with E-state index in [4.69, 9.17) is 27.9 Å². The van der Waals surface area contributed by atoms with Crippen molar-refractivity contribution in [1.82, 2.24) is 5.43 Å². The molecule has 3 rings (SSSR count). The molecule has 2 aliphatic rings. The lowest BCUT2D eigenvalue weighted by Gasteiger charge is -2.17. The summed E-state index contributed by atoms with van der Waals surface area (Å²) in [6.45, 7) is 1.78. The van der Waals surface area contributed by atoms with Crippen molar-refractivity contribution in [3.63, 3.8) is 0 Å². The zero-order chi connectivity index (χ0) is 16.7. The van der Waals surface area contributed by atoms with E-state index < -0.39 is 29.7 Å². The van der Waals surface area contributed by atoms with Gasteiger partial charge in [-0.25, -0.2) is 9.69 Å². The van der Waals surface area contributed by atoms with Gasteiger partial charge in [-0.3, -0.25) is 15.0 Å². The molecule has 0 spiro atoms. The van der Waals surface area contributed by atoms with Crippen molar-refractivity contribution in [2.45, 2.75) is 13.0 Å². The van der Waals surface area contributed by atoms with E-state index in [-0.39, 0.29) is 23.0 Å². The smallest absolute Gasteiger partial charge is 0.355 e. The summed E-state index contributed by atoms with van der Waals surface area (Å²) < 4.78 is 4.86. The number of carbonyl (C=O) groups excluding carboxylic acids is 3. The number of nitrogens with one attached hydrogen (secondary N) is 1. The third-order valence-electron chi connectivity index (χ3n) is 3.56. The minimum atomic E-state index is -1.02. The van der Waals surface area contributed by atoms with E-state index >= 15 is 0 Å². The van der Waals surface area contributed by atoms with Crippen LogP contribution >= 0.6 is 23.2 Å². The fourth-order valence-corrected chi connectivity index (χ4v) is 3.06. The molecule has 0 aliphatic carbocycles. The predicted molar refractivity (Wildman–Crippen MR) is 83.4 cm³/mol. The number of amides is 2. The maximum absolute atomic E-state index is 12.6. The van der Waals surface area contributed by atoms with E-state index in [1.807, 2.05) is 0 Å². The molecule has 1 fully saturated rings. The molecular formula is C14H11Cl2N3O4. The third-order valence-corrected chi connectivity index (χ3v) is 4.10. The van der Waals surface area contributed by atoms with E-state index in [2.05, 4.69) is 10.5 Å². The summed E-state index contributed by atoms with van der Waals surface area (Å²) in [5.41, 5.74) is 2.63. The predicted octanol–water partition coefficient (Wildman–Crippen LogP) is 1.37. The molecule has 1 N–H and O–H groups in total. The highest BCUT2D eigenvalue weighted by Crippen LogP contribution is 2.35. The van der Waals surface area contributed by atoms with Crippen LogP contribution in [0.3, 0.4) is 0 Å². The largest absolute Gasteiger partial charge is 0.461 e. The number of rotatable bonds is 3. The summed E-state index contributed by atoms with van der Waals surface area (Å²) in [7, 11) is 0. The van der Waals surface area contributed by atoms with E-state index in [0.29, 0.717) is 5.02 Å². The van der Waals surface area contributed by atoms with Crippen LogP contribution in [0, 0.1) is 5.92 Å². The molecular weight excluding hydrogens is 345 g/mol. The number of esters is 1. The Bertz CT molecular complexity index is 750. The van der Waals surface area contributed by atoms with Crippen molar-refractivity contribution < 1.29 is 19.1 Å². The topological polar surface area (TPSA) is 88.1 Å². The summed E-state index contributed by atoms with van der Waals surface area (Å²) >= 11 is 11.9. The quantitative estimate of drug-likeness (QED) is 0.653. The number of ether oxygens (including phenoxy) is 1. The Labute approximate surface area is 141 Å². The number of hydrazone groups is 1. The standard InChI is InChI=1S/C14H11Cl2N3O4/c1-2-23-14(22)11-9-10(17-18-11)13(21)19(12(9)20)8-4-3-6(15)5-7(8)16/h3-5,9-10,17H,2H2,1H3/t9-,10-/m1/s1. The minimum Gasteiger partial charge on any atom is -0.461 e. The summed E-state index contributed by atoms with van der Waals surface area (Å²) in [5, 5.41) is 4.31. The van der Waals surface area contributed by atoms with Crippen LogP contribution in [0.1, 0.15) is 6.92 Å². The van der Waals surface area contributed by atoms with Crippen molar-refractivity contribution in [2.75, 3.05) is 11.5 Å². The molecule has 2 amide bonds. The first kappa shape index (κ1) is 15.8. The molecule has 0 saturated carbocycles. The minimum absolute atomic E-state index is 0.109. The van der Waals surface area contributed by atoms with Gasteiger partial charge in [-0.2, -0.15) is 5.10 Å². The lowest BCUT2D eigenvalue weighted by Crippen LogP contribution is -2.36. The Kier molecular flexibility index (Phi) is 3.99. The zero-order valence-corrected chi connectivity index (χ0v) is 13.4. The monoisotopic (exact) mass is 355 g/mol. The van der Waals surface area contributed by atoms with Gasteiger partial charge in [-0.15, -0.1) is 0 Å². The molecule has 23 heavy (non-hydrogen) atoms. The molecule has 0 unspecified atom stereocenters. The Balaban J connectivity index is 1.95. The van der Waals surface area contributed by atoms with Gasteiger partial charge in [-0.05, 0) is 25.1 Å². The maximum Gasteiger partial charge on any atom is 0.355 e. The number of nitrogens with zero attached hydrogens (tertiary/aromatic N) is 2. The van der Waals surface area contributed by atoms with Crippen molar-refractivity contribution in [1.29, 1.82) is 0 Å². The molecule has 9 heteroatoms. The second-order valence-corrected chi connectivity index (χ2v) is 5.75. The van der Waals surface area contributed by atoms with Gasteiger partial charge in [0.15, 0.2) is 5.71 Å². The molecule has 7 nitrogen and oxygen atoms in total. The summed E-state index contributed by atoms with van der Waals surface area (Å²) in [5.74, 6) is -2.86. The van der Waals surface area contributed by atoms with Crippen molar-refractivity contribution in [3.8, 4) is 0 Å². The molecule has 1 saturated heterocycles. The van der Waals surface area contributed by atoms with Gasteiger partial charge in [-0.1, -0.05) is 23.2 Å². The number of benzene rings is 1. The fraction of sp³-hybridized carbons (Fsp3) is 0.286. The van der Waals surface area contributed by atoms with Gasteiger partial charge >= 0.3 is 5.97 Å². The summed E-state index contributed by atoms with van der Waals surface area (Å²) in [6.07, 6.45) is 0. The van der Waals surface area contributed by atoms with Crippen molar-refractivity contribution in [3.05, 3.63) is 28.2 Å². The lowest BCUT2D eigenvalue weighted by molar-refractivity contribution is -0.136. The molecule has 0 aromatic heterocycles. The SMILES string of the molecule is CCOC(=O)C1=NN[C@H]2C(=O)N(c3ccc(Cl)cc3Cl)C(=O)[C@@H]12. The highest BCUT2D eigenvalue weighted by atomic mass is 35.5. The van der Waals surface area contributed by atoms with Crippen molar-refractivity contribution >= 4 is 52.4 Å². The van der Waals surface area contributed by atoms with Crippen LogP contribution < -0.4 is 10.3 Å². The number of fused-ring (bicyclic) bond motifs is 1. The first-order chi connectivity index (χ1) is 11.0. The normalized spacial score (nSPS) is 22.7. The van der Waals surface area contributed by atoms with Gasteiger partial charge in [0.25, 0.3) is 5.91 Å². The second-order valence-electron chi connectivity index (χ2n) is 4.91. The zero-order valence-electron chi connectivity index (χ0n) is 11.9. The van der Waals surface area contributed by atoms with Crippen LogP contribution in [0.2, 0.25) is 10.0 Å². The molecule has 1 aromatic rings. The Hall–Kier alpha value is -2.12. The number of hydrogen-bond acceptors (Lipinski definition) is 6. The number of anilines is 1. The van der Waals surface area contributed by atoms with Gasteiger partial charge < -0.3 is 4.74 Å².